The number of methoxy groups -OCH3 is 1. The van der Waals surface area contributed by atoms with Gasteiger partial charge in [0, 0.05) is 12.1 Å². The molecule has 0 radical (unpaired) electrons. The van der Waals surface area contributed by atoms with Gasteiger partial charge in [0.05, 0.1) is 19.9 Å². The first-order chi connectivity index (χ1) is 13.2. The minimum atomic E-state index is -0.228. The van der Waals surface area contributed by atoms with Crippen LogP contribution < -0.4 is 10.1 Å². The minimum absolute atomic E-state index is 0.171. The lowest BCUT2D eigenvalue weighted by atomic mass is 10.2. The highest BCUT2D eigenvalue weighted by Crippen LogP contribution is 2.32. The van der Waals surface area contributed by atoms with Crippen molar-refractivity contribution in [3.63, 3.8) is 0 Å². The second kappa shape index (κ2) is 7.53. The Balaban J connectivity index is 1.47. The lowest BCUT2D eigenvalue weighted by molar-refractivity contribution is 0.179. The van der Waals surface area contributed by atoms with Crippen molar-refractivity contribution in [3.8, 4) is 17.1 Å². The van der Waals surface area contributed by atoms with Crippen LogP contribution in [0.5, 0.6) is 5.75 Å². The third kappa shape index (κ3) is 3.64. The molecule has 0 saturated carbocycles. The highest BCUT2D eigenvalue weighted by Gasteiger charge is 2.34. The number of nitrogens with one attached hydrogen (secondary N) is 1. The molecule has 8 heteroatoms. The summed E-state index contributed by atoms with van der Waals surface area (Å²) in [6.45, 7) is 0.986. The lowest BCUT2D eigenvalue weighted by Crippen LogP contribution is -2.39. The Kier molecular flexibility index (Phi) is 4.78. The van der Waals surface area contributed by atoms with Gasteiger partial charge in [-0.2, -0.15) is 4.98 Å². The number of amides is 2. The molecule has 3 heterocycles. The standard InChI is InChI=1S/C19H20N4O4/c1-25-14-6-2-5-13(11-14)17-21-18(27-22-17)16-8-3-9-23(16)19(24)20-12-15-7-4-10-26-15/h2,4-7,10-11,16H,3,8-9,12H2,1H3,(H,20,24). The smallest absolute Gasteiger partial charge is 0.318 e. The number of hydrogen-bond donors (Lipinski definition) is 1. The summed E-state index contributed by atoms with van der Waals surface area (Å²) in [6.07, 6.45) is 3.25. The van der Waals surface area contributed by atoms with E-state index in [4.69, 9.17) is 13.7 Å². The molecular weight excluding hydrogens is 348 g/mol. The van der Waals surface area contributed by atoms with Crippen LogP contribution >= 0.6 is 0 Å². The van der Waals surface area contributed by atoms with Gasteiger partial charge in [0.15, 0.2) is 0 Å². The summed E-state index contributed by atoms with van der Waals surface area (Å²) in [5, 5.41) is 6.94. The molecule has 1 aliphatic heterocycles. The minimum Gasteiger partial charge on any atom is -0.497 e. The highest BCUT2D eigenvalue weighted by atomic mass is 16.5. The molecule has 4 rings (SSSR count). The van der Waals surface area contributed by atoms with Crippen molar-refractivity contribution in [2.75, 3.05) is 13.7 Å². The van der Waals surface area contributed by atoms with Crippen LogP contribution in [0.3, 0.4) is 0 Å². The lowest BCUT2D eigenvalue weighted by Gasteiger charge is -2.21. The van der Waals surface area contributed by atoms with Crippen LogP contribution in [0.4, 0.5) is 4.79 Å². The predicted molar refractivity (Wildman–Crippen MR) is 95.9 cm³/mol. The number of nitrogens with zero attached hydrogens (tertiary/aromatic N) is 3. The second-order valence-electron chi connectivity index (χ2n) is 6.28. The number of furan rings is 1. The zero-order chi connectivity index (χ0) is 18.6. The molecule has 27 heavy (non-hydrogen) atoms. The SMILES string of the molecule is COc1cccc(-c2noc(C3CCCN3C(=O)NCc3ccco3)n2)c1. The van der Waals surface area contributed by atoms with E-state index in [0.29, 0.717) is 30.6 Å². The van der Waals surface area contributed by atoms with Crippen molar-refractivity contribution in [3.05, 3.63) is 54.3 Å². The first-order valence-electron chi connectivity index (χ1n) is 8.79. The molecule has 1 atom stereocenters. The quantitative estimate of drug-likeness (QED) is 0.742. The number of rotatable bonds is 5. The van der Waals surface area contributed by atoms with Crippen LogP contribution in [0, 0.1) is 0 Å². The molecule has 2 amide bonds. The third-order valence-electron chi connectivity index (χ3n) is 4.56. The summed E-state index contributed by atoms with van der Waals surface area (Å²) in [6, 6.07) is 10.7. The van der Waals surface area contributed by atoms with Crippen molar-refractivity contribution in [1.82, 2.24) is 20.4 Å². The van der Waals surface area contributed by atoms with Gasteiger partial charge in [0.2, 0.25) is 11.7 Å². The molecular formula is C19H20N4O4. The van der Waals surface area contributed by atoms with Gasteiger partial charge in [0.25, 0.3) is 0 Å². The fourth-order valence-corrected chi connectivity index (χ4v) is 3.19. The monoisotopic (exact) mass is 368 g/mol. The topological polar surface area (TPSA) is 93.6 Å². The van der Waals surface area contributed by atoms with E-state index in [9.17, 15) is 4.79 Å². The van der Waals surface area contributed by atoms with Crippen molar-refractivity contribution in [1.29, 1.82) is 0 Å². The molecule has 1 N–H and O–H groups in total. The van der Waals surface area contributed by atoms with Gasteiger partial charge in [-0.1, -0.05) is 17.3 Å². The maximum Gasteiger partial charge on any atom is 0.318 e. The van der Waals surface area contributed by atoms with Crippen LogP contribution in [0.1, 0.15) is 30.5 Å². The van der Waals surface area contributed by atoms with Gasteiger partial charge in [-0.3, -0.25) is 0 Å². The summed E-state index contributed by atoms with van der Waals surface area (Å²) in [4.78, 5) is 18.8. The number of carbonyl (C=O) groups is 1. The Hall–Kier alpha value is -3.29. The number of ether oxygens (including phenoxy) is 1. The van der Waals surface area contributed by atoms with Gasteiger partial charge >= 0.3 is 6.03 Å². The average molecular weight is 368 g/mol. The first kappa shape index (κ1) is 17.1. The summed E-state index contributed by atoms with van der Waals surface area (Å²) >= 11 is 0. The Morgan fingerprint density at radius 2 is 2.30 bits per heavy atom. The molecule has 140 valence electrons. The highest BCUT2D eigenvalue weighted by molar-refractivity contribution is 5.74. The van der Waals surface area contributed by atoms with Crippen LogP contribution in [-0.4, -0.2) is 34.7 Å². The average Bonchev–Trinajstić information content (AvgIpc) is 3.47. The summed E-state index contributed by atoms with van der Waals surface area (Å²) < 4.78 is 15.9. The predicted octanol–water partition coefficient (Wildman–Crippen LogP) is 3.38. The summed E-state index contributed by atoms with van der Waals surface area (Å²) in [7, 11) is 1.61. The number of likely N-dealkylation sites (tertiary alicyclic amines) is 1. The Bertz CT molecular complexity index is 906. The summed E-state index contributed by atoms with van der Waals surface area (Å²) in [5.74, 6) is 2.35. The molecule has 0 bridgehead atoms. The molecule has 2 aromatic heterocycles. The van der Waals surface area contributed by atoms with Crippen molar-refractivity contribution in [2.24, 2.45) is 0 Å². The molecule has 0 spiro atoms. The van der Waals surface area contributed by atoms with E-state index in [1.165, 1.54) is 0 Å². The van der Waals surface area contributed by atoms with E-state index in [-0.39, 0.29) is 12.1 Å². The fraction of sp³-hybridized carbons (Fsp3) is 0.316. The molecule has 3 aromatic rings. The van der Waals surface area contributed by atoms with E-state index in [1.54, 1.807) is 24.3 Å². The molecule has 1 saturated heterocycles. The number of urea groups is 1. The molecule has 1 fully saturated rings. The zero-order valence-electron chi connectivity index (χ0n) is 14.9. The third-order valence-corrected chi connectivity index (χ3v) is 4.56. The van der Waals surface area contributed by atoms with Gasteiger partial charge < -0.3 is 23.9 Å². The normalized spacial score (nSPS) is 16.5. The van der Waals surface area contributed by atoms with Gasteiger partial charge in [-0.05, 0) is 37.1 Å². The number of carbonyl (C=O) groups excluding carboxylic acids is 1. The number of benzene rings is 1. The molecule has 1 aliphatic rings. The van der Waals surface area contributed by atoms with E-state index in [2.05, 4.69) is 15.5 Å². The van der Waals surface area contributed by atoms with E-state index in [1.807, 2.05) is 30.3 Å². The van der Waals surface area contributed by atoms with E-state index < -0.39 is 0 Å². The van der Waals surface area contributed by atoms with Gasteiger partial charge in [-0.15, -0.1) is 0 Å². The molecule has 8 nitrogen and oxygen atoms in total. The van der Waals surface area contributed by atoms with Gasteiger partial charge in [0.1, 0.15) is 17.6 Å². The second-order valence-corrected chi connectivity index (χ2v) is 6.28. The Morgan fingerprint density at radius 3 is 3.11 bits per heavy atom. The maximum absolute atomic E-state index is 12.6. The largest absolute Gasteiger partial charge is 0.497 e. The number of aromatic nitrogens is 2. The van der Waals surface area contributed by atoms with Crippen LogP contribution in [0.2, 0.25) is 0 Å². The fourth-order valence-electron chi connectivity index (χ4n) is 3.19. The molecule has 1 unspecified atom stereocenters. The van der Waals surface area contributed by atoms with Crippen molar-refractivity contribution >= 4 is 6.03 Å². The van der Waals surface area contributed by atoms with Crippen LogP contribution in [0.25, 0.3) is 11.4 Å². The van der Waals surface area contributed by atoms with Crippen LogP contribution in [0.15, 0.2) is 51.6 Å². The Labute approximate surface area is 156 Å². The Morgan fingerprint density at radius 1 is 1.37 bits per heavy atom. The molecule has 0 aliphatic carbocycles. The first-order valence-corrected chi connectivity index (χ1v) is 8.79. The van der Waals surface area contributed by atoms with Crippen LogP contribution in [-0.2, 0) is 6.54 Å². The number of hydrogen-bond acceptors (Lipinski definition) is 6. The maximum atomic E-state index is 12.6. The van der Waals surface area contributed by atoms with E-state index >= 15 is 0 Å². The van der Waals surface area contributed by atoms with E-state index in [0.717, 1.165) is 24.2 Å². The molecule has 1 aromatic carbocycles. The summed E-state index contributed by atoms with van der Waals surface area (Å²) in [5.41, 5.74) is 0.802. The van der Waals surface area contributed by atoms with Gasteiger partial charge in [-0.25, -0.2) is 4.79 Å². The van der Waals surface area contributed by atoms with Crippen molar-refractivity contribution < 1.29 is 18.5 Å². The van der Waals surface area contributed by atoms with Crippen molar-refractivity contribution in [2.45, 2.75) is 25.4 Å². The zero-order valence-corrected chi connectivity index (χ0v) is 14.9.